The van der Waals surface area contributed by atoms with Crippen LogP contribution in [-0.2, 0) is 8.98 Å². The summed E-state index contributed by atoms with van der Waals surface area (Å²) in [6.45, 7) is 1.55. The van der Waals surface area contributed by atoms with E-state index in [4.69, 9.17) is 16.2 Å². The smallest absolute Gasteiger partial charge is 0.307 e. The van der Waals surface area contributed by atoms with Gasteiger partial charge in [0.25, 0.3) is 6.02 Å². The molecule has 0 aliphatic heterocycles. The Kier molecular flexibility index (Phi) is 4.44. The van der Waals surface area contributed by atoms with Crippen LogP contribution < -0.4 is 5.73 Å². The predicted molar refractivity (Wildman–Crippen MR) is 42.3 cm³/mol. The lowest BCUT2D eigenvalue weighted by atomic mass is 10.2. The topological polar surface area (TPSA) is 96.4 Å². The fourth-order valence-electron chi connectivity index (χ4n) is 0.271. The SMILES string of the molecule is CC(CSOC(=N)N)C(=O)O. The van der Waals surface area contributed by atoms with Crippen LogP contribution in [0.5, 0.6) is 0 Å². The monoisotopic (exact) mass is 178 g/mol. The molecule has 0 aromatic carbocycles. The van der Waals surface area contributed by atoms with Gasteiger partial charge in [-0.3, -0.25) is 10.2 Å². The fourth-order valence-corrected chi connectivity index (χ4v) is 0.813. The van der Waals surface area contributed by atoms with Crippen molar-refractivity contribution in [3.63, 3.8) is 0 Å². The summed E-state index contributed by atoms with van der Waals surface area (Å²) in [5, 5.41) is 15.0. The van der Waals surface area contributed by atoms with Crippen LogP contribution in [0.2, 0.25) is 0 Å². The van der Waals surface area contributed by atoms with Crippen LogP contribution in [0, 0.1) is 11.3 Å². The van der Waals surface area contributed by atoms with Crippen molar-refractivity contribution in [1.82, 2.24) is 0 Å². The Morgan fingerprint density at radius 1 is 1.91 bits per heavy atom. The highest BCUT2D eigenvalue weighted by Gasteiger charge is 2.11. The highest BCUT2D eigenvalue weighted by molar-refractivity contribution is 7.95. The highest BCUT2D eigenvalue weighted by atomic mass is 32.2. The van der Waals surface area contributed by atoms with Gasteiger partial charge in [-0.25, -0.2) is 0 Å². The largest absolute Gasteiger partial charge is 0.481 e. The molecule has 64 valence electrons. The van der Waals surface area contributed by atoms with Gasteiger partial charge in [0.15, 0.2) is 0 Å². The lowest BCUT2D eigenvalue weighted by Gasteiger charge is -2.03. The number of hydrogen-bond donors (Lipinski definition) is 3. The third-order valence-electron chi connectivity index (χ3n) is 0.888. The third kappa shape index (κ3) is 5.53. The molecule has 0 fully saturated rings. The van der Waals surface area contributed by atoms with E-state index in [9.17, 15) is 4.79 Å². The van der Waals surface area contributed by atoms with Crippen LogP contribution >= 0.6 is 12.0 Å². The molecular formula is C5H10N2O3S. The van der Waals surface area contributed by atoms with Gasteiger partial charge < -0.3 is 15.0 Å². The molecular weight excluding hydrogens is 168 g/mol. The minimum Gasteiger partial charge on any atom is -0.481 e. The number of aliphatic carboxylic acids is 1. The van der Waals surface area contributed by atoms with Crippen molar-refractivity contribution >= 4 is 24.0 Å². The second kappa shape index (κ2) is 4.84. The van der Waals surface area contributed by atoms with Gasteiger partial charge in [-0.1, -0.05) is 6.92 Å². The van der Waals surface area contributed by atoms with Crippen LogP contribution in [0.25, 0.3) is 0 Å². The van der Waals surface area contributed by atoms with Crippen molar-refractivity contribution in [2.45, 2.75) is 6.92 Å². The standard InChI is InChI=1S/C5H10N2O3S/c1-3(4(8)9)2-11-10-5(6)7/h3H,2H2,1H3,(H3,6,7)(H,8,9). The molecule has 1 atom stereocenters. The van der Waals surface area contributed by atoms with E-state index >= 15 is 0 Å². The van der Waals surface area contributed by atoms with Crippen molar-refractivity contribution in [1.29, 1.82) is 5.41 Å². The van der Waals surface area contributed by atoms with Gasteiger partial charge in [0.05, 0.1) is 18.0 Å². The molecule has 0 amide bonds. The predicted octanol–water partition coefficient (Wildman–Crippen LogP) is 0.265. The number of nitrogens with one attached hydrogen (secondary N) is 1. The minimum atomic E-state index is -0.885. The molecule has 0 aromatic rings. The molecule has 0 spiro atoms. The van der Waals surface area contributed by atoms with E-state index in [0.29, 0.717) is 0 Å². The maximum Gasteiger partial charge on any atom is 0.307 e. The molecule has 0 saturated carbocycles. The molecule has 6 heteroatoms. The number of carbonyl (C=O) groups is 1. The maximum atomic E-state index is 10.2. The quantitative estimate of drug-likeness (QED) is 0.326. The average molecular weight is 178 g/mol. The summed E-state index contributed by atoms with van der Waals surface area (Å²) in [5.74, 6) is -1.08. The summed E-state index contributed by atoms with van der Waals surface area (Å²) >= 11 is 0.867. The summed E-state index contributed by atoms with van der Waals surface area (Å²) in [4.78, 5) is 10.2. The molecule has 0 radical (unpaired) electrons. The van der Waals surface area contributed by atoms with E-state index in [1.807, 2.05) is 0 Å². The molecule has 0 rings (SSSR count). The van der Waals surface area contributed by atoms with Gasteiger partial charge in [-0.15, -0.1) is 0 Å². The number of amidine groups is 1. The first kappa shape index (κ1) is 10.1. The van der Waals surface area contributed by atoms with Gasteiger partial charge in [-0.2, -0.15) is 0 Å². The second-order valence-corrected chi connectivity index (χ2v) is 2.71. The first-order chi connectivity index (χ1) is 5.04. The Morgan fingerprint density at radius 2 is 2.45 bits per heavy atom. The molecule has 0 heterocycles. The molecule has 0 aromatic heterocycles. The van der Waals surface area contributed by atoms with E-state index < -0.39 is 17.9 Å². The number of rotatable bonds is 4. The lowest BCUT2D eigenvalue weighted by Crippen LogP contribution is -2.15. The Balaban J connectivity index is 3.39. The molecule has 0 bridgehead atoms. The minimum absolute atomic E-state index is 0.287. The Morgan fingerprint density at radius 3 is 2.82 bits per heavy atom. The summed E-state index contributed by atoms with van der Waals surface area (Å²) in [6, 6.07) is -0.410. The first-order valence-corrected chi connectivity index (χ1v) is 3.81. The Hall–Kier alpha value is -0.910. The van der Waals surface area contributed by atoms with Crippen LogP contribution in [0.3, 0.4) is 0 Å². The number of carboxylic acid groups (broad SMARTS) is 1. The van der Waals surface area contributed by atoms with Gasteiger partial charge in [0.2, 0.25) is 0 Å². The van der Waals surface area contributed by atoms with Crippen molar-refractivity contribution in [2.24, 2.45) is 11.7 Å². The molecule has 1 unspecified atom stereocenters. The third-order valence-corrected chi connectivity index (χ3v) is 1.82. The van der Waals surface area contributed by atoms with Crippen LogP contribution in [0.1, 0.15) is 6.92 Å². The van der Waals surface area contributed by atoms with E-state index in [0.717, 1.165) is 12.0 Å². The fraction of sp³-hybridized carbons (Fsp3) is 0.600. The van der Waals surface area contributed by atoms with Crippen molar-refractivity contribution in [3.8, 4) is 0 Å². The summed E-state index contributed by atoms with van der Waals surface area (Å²) in [7, 11) is 0. The molecule has 4 N–H and O–H groups in total. The molecule has 0 aliphatic rings. The van der Waals surface area contributed by atoms with Crippen LogP contribution in [0.4, 0.5) is 0 Å². The van der Waals surface area contributed by atoms with Gasteiger partial charge in [-0.05, 0) is 0 Å². The van der Waals surface area contributed by atoms with E-state index in [1.165, 1.54) is 0 Å². The zero-order valence-electron chi connectivity index (χ0n) is 6.03. The Labute approximate surface area is 68.6 Å². The van der Waals surface area contributed by atoms with Gasteiger partial charge in [0, 0.05) is 5.75 Å². The molecule has 0 saturated heterocycles. The molecule has 0 aliphatic carbocycles. The van der Waals surface area contributed by atoms with Crippen molar-refractivity contribution < 1.29 is 14.1 Å². The summed E-state index contributed by atoms with van der Waals surface area (Å²) in [6.07, 6.45) is 0. The lowest BCUT2D eigenvalue weighted by molar-refractivity contribution is -0.140. The second-order valence-electron chi connectivity index (χ2n) is 1.97. The Bertz CT molecular complexity index is 162. The first-order valence-electron chi connectivity index (χ1n) is 2.90. The average Bonchev–Trinajstić information content (AvgIpc) is 1.86. The van der Waals surface area contributed by atoms with E-state index in [1.54, 1.807) is 6.92 Å². The maximum absolute atomic E-state index is 10.2. The van der Waals surface area contributed by atoms with Gasteiger partial charge in [0.1, 0.15) is 0 Å². The van der Waals surface area contributed by atoms with E-state index in [-0.39, 0.29) is 5.75 Å². The summed E-state index contributed by atoms with van der Waals surface area (Å²) < 4.78 is 4.48. The van der Waals surface area contributed by atoms with Crippen molar-refractivity contribution in [2.75, 3.05) is 5.75 Å². The number of carboxylic acids is 1. The summed E-state index contributed by atoms with van der Waals surface area (Å²) in [5.41, 5.74) is 4.85. The highest BCUT2D eigenvalue weighted by Crippen LogP contribution is 2.08. The molecule has 5 nitrogen and oxygen atoms in total. The number of hydrogen-bond acceptors (Lipinski definition) is 4. The number of nitrogens with two attached hydrogens (primary N) is 1. The molecule has 11 heavy (non-hydrogen) atoms. The van der Waals surface area contributed by atoms with Crippen molar-refractivity contribution in [3.05, 3.63) is 0 Å². The van der Waals surface area contributed by atoms with Crippen LogP contribution in [-0.4, -0.2) is 22.9 Å². The van der Waals surface area contributed by atoms with E-state index in [2.05, 4.69) is 4.18 Å². The zero-order valence-corrected chi connectivity index (χ0v) is 6.85. The zero-order chi connectivity index (χ0) is 8.85. The van der Waals surface area contributed by atoms with Gasteiger partial charge >= 0.3 is 5.97 Å². The van der Waals surface area contributed by atoms with Crippen LogP contribution in [0.15, 0.2) is 0 Å². The normalized spacial score (nSPS) is 12.1.